The lowest BCUT2D eigenvalue weighted by atomic mass is 9.92. The van der Waals surface area contributed by atoms with Crippen molar-refractivity contribution in [2.45, 2.75) is 72.4 Å². The first-order valence-electron chi connectivity index (χ1n) is 9.13. The van der Waals surface area contributed by atoms with Crippen LogP contribution in [0.1, 0.15) is 60.3 Å². The Morgan fingerprint density at radius 1 is 1.19 bits per heavy atom. The Morgan fingerprint density at radius 2 is 1.95 bits per heavy atom. The standard InChI is InChI=1S/C18H38N2O/c1-6-8-10-21-11-9-20-14-17(12-15(3)4)19-13-18(20)16(5)7-2/h15-19H,6-14H2,1-5H3. The lowest BCUT2D eigenvalue weighted by Gasteiger charge is -2.43. The smallest absolute Gasteiger partial charge is 0.0593 e. The summed E-state index contributed by atoms with van der Waals surface area (Å²) in [5.41, 5.74) is 0. The fraction of sp³-hybridized carbons (Fsp3) is 1.00. The molecule has 0 radical (unpaired) electrons. The predicted molar refractivity (Wildman–Crippen MR) is 91.8 cm³/mol. The molecule has 0 aromatic heterocycles. The molecular weight excluding hydrogens is 260 g/mol. The van der Waals surface area contributed by atoms with Crippen molar-refractivity contribution < 1.29 is 4.74 Å². The third kappa shape index (κ3) is 7.12. The van der Waals surface area contributed by atoms with E-state index in [1.165, 1.54) is 32.2 Å². The van der Waals surface area contributed by atoms with Gasteiger partial charge in [-0.1, -0.05) is 47.5 Å². The SMILES string of the molecule is CCCCOCCN1CC(CC(C)C)NCC1C(C)CC. The highest BCUT2D eigenvalue weighted by Crippen LogP contribution is 2.20. The van der Waals surface area contributed by atoms with Crippen LogP contribution in [0.5, 0.6) is 0 Å². The molecule has 3 nitrogen and oxygen atoms in total. The van der Waals surface area contributed by atoms with Crippen molar-refractivity contribution in [3.05, 3.63) is 0 Å². The largest absolute Gasteiger partial charge is 0.380 e. The molecule has 0 saturated carbocycles. The minimum atomic E-state index is 0.654. The fourth-order valence-corrected chi connectivity index (χ4v) is 3.25. The summed E-state index contributed by atoms with van der Waals surface area (Å²) < 4.78 is 5.79. The van der Waals surface area contributed by atoms with E-state index >= 15 is 0 Å². The zero-order valence-electron chi connectivity index (χ0n) is 15.0. The molecule has 0 aromatic rings. The van der Waals surface area contributed by atoms with Crippen LogP contribution in [0.4, 0.5) is 0 Å². The molecule has 21 heavy (non-hydrogen) atoms. The number of nitrogens with zero attached hydrogens (tertiary/aromatic N) is 1. The topological polar surface area (TPSA) is 24.5 Å². The molecule has 0 aliphatic carbocycles. The van der Waals surface area contributed by atoms with E-state index in [9.17, 15) is 0 Å². The van der Waals surface area contributed by atoms with E-state index in [0.29, 0.717) is 12.1 Å². The van der Waals surface area contributed by atoms with Crippen molar-refractivity contribution in [1.82, 2.24) is 10.2 Å². The summed E-state index contributed by atoms with van der Waals surface area (Å²) in [6.07, 6.45) is 4.95. The van der Waals surface area contributed by atoms with Crippen LogP contribution >= 0.6 is 0 Å². The van der Waals surface area contributed by atoms with Gasteiger partial charge >= 0.3 is 0 Å². The van der Waals surface area contributed by atoms with Crippen LogP contribution in [0.2, 0.25) is 0 Å². The third-order valence-electron chi connectivity index (χ3n) is 4.76. The Bertz CT molecular complexity index is 258. The second-order valence-corrected chi connectivity index (χ2v) is 7.15. The van der Waals surface area contributed by atoms with Gasteiger partial charge in [0.25, 0.3) is 0 Å². The lowest BCUT2D eigenvalue weighted by Crippen LogP contribution is -2.59. The molecular formula is C18H38N2O. The first-order valence-corrected chi connectivity index (χ1v) is 9.13. The quantitative estimate of drug-likeness (QED) is 0.624. The molecule has 1 aliphatic heterocycles. The van der Waals surface area contributed by atoms with Crippen LogP contribution in [0.15, 0.2) is 0 Å². The minimum Gasteiger partial charge on any atom is -0.380 e. The molecule has 0 spiro atoms. The Kier molecular flexibility index (Phi) is 9.54. The van der Waals surface area contributed by atoms with Crippen molar-refractivity contribution in [1.29, 1.82) is 0 Å². The van der Waals surface area contributed by atoms with Crippen LogP contribution in [0.25, 0.3) is 0 Å². The van der Waals surface area contributed by atoms with Crippen LogP contribution in [-0.2, 0) is 4.74 Å². The molecule has 126 valence electrons. The van der Waals surface area contributed by atoms with Crippen LogP contribution in [0, 0.1) is 11.8 Å². The number of hydrogen-bond acceptors (Lipinski definition) is 3. The Hall–Kier alpha value is -0.120. The summed E-state index contributed by atoms with van der Waals surface area (Å²) in [7, 11) is 0. The third-order valence-corrected chi connectivity index (χ3v) is 4.76. The number of hydrogen-bond donors (Lipinski definition) is 1. The van der Waals surface area contributed by atoms with Gasteiger partial charge in [0.1, 0.15) is 0 Å². The van der Waals surface area contributed by atoms with Gasteiger partial charge in [0.2, 0.25) is 0 Å². The van der Waals surface area contributed by atoms with Crippen LogP contribution in [-0.4, -0.2) is 49.8 Å². The first-order chi connectivity index (χ1) is 10.1. The van der Waals surface area contributed by atoms with Gasteiger partial charge in [0, 0.05) is 38.3 Å². The van der Waals surface area contributed by atoms with E-state index < -0.39 is 0 Å². The summed E-state index contributed by atoms with van der Waals surface area (Å²) in [6.45, 7) is 16.8. The van der Waals surface area contributed by atoms with Crippen molar-refractivity contribution in [2.24, 2.45) is 11.8 Å². The summed E-state index contributed by atoms with van der Waals surface area (Å²) in [6, 6.07) is 1.33. The monoisotopic (exact) mass is 298 g/mol. The number of piperazine rings is 1. The molecule has 1 fully saturated rings. The molecule has 0 bridgehead atoms. The second-order valence-electron chi connectivity index (χ2n) is 7.15. The first kappa shape index (κ1) is 18.9. The van der Waals surface area contributed by atoms with Gasteiger partial charge in [0.15, 0.2) is 0 Å². The number of nitrogens with one attached hydrogen (secondary N) is 1. The summed E-state index contributed by atoms with van der Waals surface area (Å²) in [4.78, 5) is 2.68. The maximum atomic E-state index is 5.79. The van der Waals surface area contributed by atoms with E-state index in [2.05, 4.69) is 44.8 Å². The average molecular weight is 299 g/mol. The normalized spacial score (nSPS) is 25.4. The predicted octanol–water partition coefficient (Wildman–Crippen LogP) is 3.54. The highest BCUT2D eigenvalue weighted by molar-refractivity contribution is 4.88. The Morgan fingerprint density at radius 3 is 2.57 bits per heavy atom. The Balaban J connectivity index is 2.44. The van der Waals surface area contributed by atoms with Gasteiger partial charge in [-0.15, -0.1) is 0 Å². The number of rotatable bonds is 10. The highest BCUT2D eigenvalue weighted by Gasteiger charge is 2.30. The van der Waals surface area contributed by atoms with E-state index in [1.807, 2.05) is 0 Å². The maximum absolute atomic E-state index is 5.79. The molecule has 3 heteroatoms. The number of unbranched alkanes of at least 4 members (excludes halogenated alkanes) is 1. The van der Waals surface area contributed by atoms with Crippen molar-refractivity contribution in [3.63, 3.8) is 0 Å². The minimum absolute atomic E-state index is 0.654. The van der Waals surface area contributed by atoms with Gasteiger partial charge in [-0.2, -0.15) is 0 Å². The molecule has 3 atom stereocenters. The van der Waals surface area contributed by atoms with Crippen molar-refractivity contribution in [2.75, 3.05) is 32.8 Å². The average Bonchev–Trinajstić information content (AvgIpc) is 2.46. The summed E-state index contributed by atoms with van der Waals surface area (Å²) >= 11 is 0. The molecule has 3 unspecified atom stereocenters. The maximum Gasteiger partial charge on any atom is 0.0593 e. The second kappa shape index (κ2) is 10.6. The zero-order chi connectivity index (χ0) is 15.7. The van der Waals surface area contributed by atoms with E-state index in [4.69, 9.17) is 4.74 Å². The summed E-state index contributed by atoms with van der Waals surface area (Å²) in [5, 5.41) is 3.77. The lowest BCUT2D eigenvalue weighted by molar-refractivity contribution is 0.0431. The molecule has 1 heterocycles. The molecule has 0 amide bonds. The van der Waals surface area contributed by atoms with Gasteiger partial charge in [0.05, 0.1) is 6.61 Å². The van der Waals surface area contributed by atoms with Gasteiger partial charge in [-0.3, -0.25) is 4.90 Å². The molecule has 1 rings (SSSR count). The van der Waals surface area contributed by atoms with Gasteiger partial charge in [-0.25, -0.2) is 0 Å². The van der Waals surface area contributed by atoms with Gasteiger partial charge in [-0.05, 0) is 24.7 Å². The fourth-order valence-electron chi connectivity index (χ4n) is 3.25. The molecule has 0 aromatic carbocycles. The molecule has 1 N–H and O–H groups in total. The van der Waals surface area contributed by atoms with E-state index in [-0.39, 0.29) is 0 Å². The van der Waals surface area contributed by atoms with Crippen molar-refractivity contribution in [3.8, 4) is 0 Å². The van der Waals surface area contributed by atoms with E-state index in [0.717, 1.165) is 38.1 Å². The highest BCUT2D eigenvalue weighted by atomic mass is 16.5. The van der Waals surface area contributed by atoms with Gasteiger partial charge < -0.3 is 10.1 Å². The van der Waals surface area contributed by atoms with Crippen LogP contribution < -0.4 is 5.32 Å². The van der Waals surface area contributed by atoms with Crippen LogP contribution in [0.3, 0.4) is 0 Å². The number of ether oxygens (including phenoxy) is 1. The van der Waals surface area contributed by atoms with Crippen molar-refractivity contribution >= 4 is 0 Å². The Labute approximate surface area is 132 Å². The zero-order valence-corrected chi connectivity index (χ0v) is 15.0. The summed E-state index contributed by atoms with van der Waals surface area (Å²) in [5.74, 6) is 1.53. The molecule has 1 saturated heterocycles. The molecule has 1 aliphatic rings. The van der Waals surface area contributed by atoms with E-state index in [1.54, 1.807) is 0 Å².